The molecule has 2 aromatic carbocycles. The summed E-state index contributed by atoms with van der Waals surface area (Å²) in [4.78, 5) is 18.8. The Labute approximate surface area is 195 Å². The fraction of sp³-hybridized carbons (Fsp3) is 0.480. The lowest BCUT2D eigenvalue weighted by Crippen LogP contribution is -2.62. The number of primary amides is 1. The van der Waals surface area contributed by atoms with Gasteiger partial charge in [0.15, 0.2) is 0 Å². The van der Waals surface area contributed by atoms with E-state index in [1.807, 2.05) is 42.5 Å². The molecule has 3 N–H and O–H groups in total. The first-order chi connectivity index (χ1) is 15.9. The molecule has 0 saturated carbocycles. The average Bonchev–Trinajstić information content (AvgIpc) is 2.84. The Morgan fingerprint density at radius 1 is 0.970 bits per heavy atom. The number of nitrogens with two attached hydrogens (primary N) is 1. The van der Waals surface area contributed by atoms with Crippen LogP contribution in [0.2, 0.25) is 0 Å². The Morgan fingerprint density at radius 2 is 1.67 bits per heavy atom. The third-order valence-electron chi connectivity index (χ3n) is 6.87. The van der Waals surface area contributed by atoms with E-state index < -0.39 is 11.6 Å². The number of anilines is 2. The minimum Gasteiger partial charge on any atom is -0.497 e. The summed E-state index contributed by atoms with van der Waals surface area (Å²) in [5.74, 6) is 1.27. The van der Waals surface area contributed by atoms with Crippen molar-refractivity contribution >= 4 is 17.3 Å². The molecule has 2 aromatic rings. The van der Waals surface area contributed by atoms with Crippen molar-refractivity contribution in [2.75, 3.05) is 63.3 Å². The highest BCUT2D eigenvalue weighted by Gasteiger charge is 2.39. The van der Waals surface area contributed by atoms with Gasteiger partial charge in [-0.1, -0.05) is 6.07 Å². The molecule has 0 bridgehead atoms. The van der Waals surface area contributed by atoms with E-state index in [0.717, 1.165) is 42.5 Å². The van der Waals surface area contributed by atoms with Gasteiger partial charge in [-0.2, -0.15) is 0 Å². The van der Waals surface area contributed by atoms with Crippen LogP contribution in [0.15, 0.2) is 48.5 Å². The van der Waals surface area contributed by atoms with Gasteiger partial charge >= 0.3 is 0 Å². The van der Waals surface area contributed by atoms with E-state index in [1.165, 1.54) is 0 Å². The van der Waals surface area contributed by atoms with Crippen molar-refractivity contribution in [3.8, 4) is 11.5 Å². The van der Waals surface area contributed by atoms with Crippen molar-refractivity contribution in [2.45, 2.75) is 24.5 Å². The average molecular weight is 455 g/mol. The zero-order valence-electron chi connectivity index (χ0n) is 19.4. The van der Waals surface area contributed by atoms with Crippen LogP contribution in [0.5, 0.6) is 11.5 Å². The molecular weight excluding hydrogens is 420 g/mol. The van der Waals surface area contributed by atoms with Crippen molar-refractivity contribution in [2.24, 2.45) is 5.73 Å². The molecule has 2 aliphatic rings. The second-order valence-electron chi connectivity index (χ2n) is 8.95. The second kappa shape index (κ2) is 9.89. The van der Waals surface area contributed by atoms with Gasteiger partial charge in [0.25, 0.3) is 0 Å². The third-order valence-corrected chi connectivity index (χ3v) is 6.87. The first-order valence-electron chi connectivity index (χ1n) is 11.4. The molecule has 8 heteroatoms. The molecule has 4 rings (SSSR count). The van der Waals surface area contributed by atoms with Crippen LogP contribution in [-0.4, -0.2) is 81.0 Å². The van der Waals surface area contributed by atoms with Gasteiger partial charge in [-0.05, 0) is 49.2 Å². The molecule has 8 nitrogen and oxygen atoms in total. The van der Waals surface area contributed by atoms with E-state index in [1.54, 1.807) is 14.2 Å². The zero-order valence-corrected chi connectivity index (χ0v) is 19.4. The third kappa shape index (κ3) is 5.34. The number of nitrogens with zero attached hydrogens (tertiary/aromatic N) is 3. The molecule has 2 aliphatic heterocycles. The van der Waals surface area contributed by atoms with E-state index >= 15 is 0 Å². The van der Waals surface area contributed by atoms with Crippen LogP contribution in [0, 0.1) is 0 Å². The number of hydrogen-bond donors (Lipinski definition) is 2. The fourth-order valence-electron chi connectivity index (χ4n) is 4.83. The Bertz CT molecular complexity index is 944. The number of carbonyl (C=O) groups is 1. The number of methoxy groups -OCH3 is 2. The minimum absolute atomic E-state index is 0.356. The molecule has 0 unspecified atom stereocenters. The summed E-state index contributed by atoms with van der Waals surface area (Å²) >= 11 is 0. The summed E-state index contributed by atoms with van der Waals surface area (Å²) in [6.45, 7) is 3.88. The zero-order chi connectivity index (χ0) is 23.4. The van der Waals surface area contributed by atoms with Crippen molar-refractivity contribution in [1.82, 2.24) is 4.90 Å². The van der Waals surface area contributed by atoms with Crippen LogP contribution in [0.1, 0.15) is 12.8 Å². The SMILES string of the molecule is COc1ccc(N2CCN(CC3(O)CCN(c4cccc(OC)c4)CC3)[C@H](C(N)=O)C2)cc1. The molecule has 1 atom stereocenters. The molecule has 2 heterocycles. The van der Waals surface area contributed by atoms with Crippen molar-refractivity contribution in [3.05, 3.63) is 48.5 Å². The molecule has 1 amide bonds. The smallest absolute Gasteiger partial charge is 0.236 e. The monoisotopic (exact) mass is 454 g/mol. The number of rotatable bonds is 7. The Morgan fingerprint density at radius 3 is 2.30 bits per heavy atom. The van der Waals surface area contributed by atoms with Crippen molar-refractivity contribution < 1.29 is 19.4 Å². The summed E-state index contributed by atoms with van der Waals surface area (Å²) in [7, 11) is 3.31. The molecule has 2 saturated heterocycles. The van der Waals surface area contributed by atoms with Crippen LogP contribution in [0.3, 0.4) is 0 Å². The van der Waals surface area contributed by atoms with Crippen molar-refractivity contribution in [1.29, 1.82) is 0 Å². The molecule has 2 fully saturated rings. The van der Waals surface area contributed by atoms with Gasteiger partial charge in [-0.25, -0.2) is 0 Å². The fourth-order valence-corrected chi connectivity index (χ4v) is 4.83. The number of ether oxygens (including phenoxy) is 2. The van der Waals surface area contributed by atoms with Crippen LogP contribution in [0.25, 0.3) is 0 Å². The maximum atomic E-state index is 12.3. The molecule has 0 spiro atoms. The molecular formula is C25H34N4O4. The lowest BCUT2D eigenvalue weighted by molar-refractivity contribution is -0.125. The van der Waals surface area contributed by atoms with E-state index in [-0.39, 0.29) is 5.91 Å². The highest BCUT2D eigenvalue weighted by atomic mass is 16.5. The summed E-state index contributed by atoms with van der Waals surface area (Å²) in [6.07, 6.45) is 1.27. The summed E-state index contributed by atoms with van der Waals surface area (Å²) in [6, 6.07) is 15.4. The Hall–Kier alpha value is -2.97. The first-order valence-corrected chi connectivity index (χ1v) is 11.4. The lowest BCUT2D eigenvalue weighted by Gasteiger charge is -2.46. The molecule has 33 heavy (non-hydrogen) atoms. The highest BCUT2D eigenvalue weighted by molar-refractivity contribution is 5.81. The van der Waals surface area contributed by atoms with Gasteiger partial charge in [0.05, 0.1) is 19.8 Å². The van der Waals surface area contributed by atoms with Crippen LogP contribution >= 0.6 is 0 Å². The van der Waals surface area contributed by atoms with Gasteiger partial charge in [0.1, 0.15) is 17.5 Å². The topological polar surface area (TPSA) is 91.5 Å². The lowest BCUT2D eigenvalue weighted by atomic mass is 9.89. The second-order valence-corrected chi connectivity index (χ2v) is 8.95. The standard InChI is InChI=1S/C25H34N4O4/c1-32-21-8-6-19(7-9-21)28-14-15-29(23(17-28)24(26)30)18-25(31)10-12-27(13-11-25)20-4-3-5-22(16-20)33-2/h3-9,16,23,31H,10-15,17-18H2,1-2H3,(H2,26,30)/t23-/m0/s1. The number of hydrogen-bond acceptors (Lipinski definition) is 7. The van der Waals surface area contributed by atoms with Crippen LogP contribution < -0.4 is 25.0 Å². The van der Waals surface area contributed by atoms with E-state index in [0.29, 0.717) is 32.5 Å². The van der Waals surface area contributed by atoms with E-state index in [2.05, 4.69) is 20.8 Å². The molecule has 178 valence electrons. The number of benzene rings is 2. The minimum atomic E-state index is -0.842. The number of aliphatic hydroxyl groups is 1. The Balaban J connectivity index is 1.38. The normalized spacial score (nSPS) is 21.0. The predicted molar refractivity (Wildman–Crippen MR) is 129 cm³/mol. The molecule has 0 aromatic heterocycles. The first kappa shape index (κ1) is 23.2. The number of amides is 1. The van der Waals surface area contributed by atoms with Gasteiger partial charge in [-0.3, -0.25) is 9.69 Å². The maximum absolute atomic E-state index is 12.3. The maximum Gasteiger partial charge on any atom is 0.236 e. The predicted octanol–water partition coefficient (Wildman–Crippen LogP) is 1.71. The van der Waals surface area contributed by atoms with Gasteiger partial charge in [0, 0.05) is 56.7 Å². The summed E-state index contributed by atoms with van der Waals surface area (Å²) in [5, 5.41) is 11.4. The number of β-amino-alcohol motifs (C(OH)–C–C–N with tert-alkyl or cyclic N) is 1. The summed E-state index contributed by atoms with van der Waals surface area (Å²) < 4.78 is 10.6. The quantitative estimate of drug-likeness (QED) is 0.658. The highest BCUT2D eigenvalue weighted by Crippen LogP contribution is 2.30. The Kier molecular flexibility index (Phi) is 6.95. The summed E-state index contributed by atoms with van der Waals surface area (Å²) in [5.41, 5.74) is 7.08. The number of carbonyl (C=O) groups excluding carboxylic acids is 1. The number of piperidine rings is 1. The molecule has 0 aliphatic carbocycles. The van der Waals surface area contributed by atoms with Gasteiger partial charge in [0.2, 0.25) is 5.91 Å². The largest absolute Gasteiger partial charge is 0.497 e. The van der Waals surface area contributed by atoms with Crippen molar-refractivity contribution in [3.63, 3.8) is 0 Å². The van der Waals surface area contributed by atoms with Gasteiger partial charge < -0.3 is 30.1 Å². The van der Waals surface area contributed by atoms with E-state index in [4.69, 9.17) is 15.2 Å². The van der Waals surface area contributed by atoms with Crippen LogP contribution in [0.4, 0.5) is 11.4 Å². The van der Waals surface area contributed by atoms with E-state index in [9.17, 15) is 9.90 Å². The van der Waals surface area contributed by atoms with Gasteiger partial charge in [-0.15, -0.1) is 0 Å². The van der Waals surface area contributed by atoms with Crippen LogP contribution in [-0.2, 0) is 4.79 Å². The number of piperazine rings is 1. The molecule has 0 radical (unpaired) electrons.